The molecule has 1 heterocycles. The Labute approximate surface area is 158 Å². The van der Waals surface area contributed by atoms with E-state index in [1.807, 2.05) is 6.07 Å². The van der Waals surface area contributed by atoms with E-state index in [0.717, 1.165) is 24.5 Å². The predicted octanol–water partition coefficient (Wildman–Crippen LogP) is 3.91. The molecule has 0 radical (unpaired) electrons. The van der Waals surface area contributed by atoms with Gasteiger partial charge in [-0.3, -0.25) is 4.79 Å². The summed E-state index contributed by atoms with van der Waals surface area (Å²) < 4.78 is 0. The minimum absolute atomic E-state index is 0.219. The summed E-state index contributed by atoms with van der Waals surface area (Å²) in [4.78, 5) is 23.1. The largest absolute Gasteiger partial charge is 0.357 e. The lowest BCUT2D eigenvalue weighted by Crippen LogP contribution is -2.28. The van der Waals surface area contributed by atoms with Crippen molar-refractivity contribution in [3.63, 3.8) is 0 Å². The molecule has 2 aromatic rings. The first-order valence-electron chi connectivity index (χ1n) is 8.27. The van der Waals surface area contributed by atoms with Gasteiger partial charge in [-0.25, -0.2) is 9.97 Å². The average Bonchev–Trinajstić information content (AvgIpc) is 2.57. The summed E-state index contributed by atoms with van der Waals surface area (Å²) in [5.41, 5.74) is 1.31. The molecule has 0 aliphatic carbocycles. The molecule has 0 fully saturated rings. The molecule has 1 aromatic heterocycles. The fourth-order valence-corrected chi connectivity index (χ4v) is 3.01. The van der Waals surface area contributed by atoms with Gasteiger partial charge in [-0.05, 0) is 44.9 Å². The zero-order valence-electron chi connectivity index (χ0n) is 14.6. The van der Waals surface area contributed by atoms with Crippen LogP contribution in [-0.2, 0) is 6.42 Å². The number of carbonyl (C=O) groups is 1. The minimum atomic E-state index is -0.219. The van der Waals surface area contributed by atoms with E-state index in [1.165, 1.54) is 0 Å². The second kappa shape index (κ2) is 9.02. The van der Waals surface area contributed by atoms with Crippen molar-refractivity contribution in [2.75, 3.05) is 24.5 Å². The van der Waals surface area contributed by atoms with Crippen LogP contribution in [0.3, 0.4) is 0 Å². The summed E-state index contributed by atoms with van der Waals surface area (Å²) in [5.74, 6) is 1.13. The number of anilines is 1. The van der Waals surface area contributed by atoms with Crippen LogP contribution in [-0.4, -0.2) is 35.5 Å². The van der Waals surface area contributed by atoms with Gasteiger partial charge in [0.2, 0.25) is 0 Å². The van der Waals surface area contributed by atoms with Crippen LogP contribution >= 0.6 is 23.2 Å². The molecule has 5 nitrogen and oxygen atoms in total. The number of aryl methyl sites for hydroxylation is 1. The molecular formula is C18H22Cl2N4O. The number of hydrogen-bond acceptors (Lipinski definition) is 4. The van der Waals surface area contributed by atoms with Crippen LogP contribution < -0.4 is 10.2 Å². The van der Waals surface area contributed by atoms with E-state index < -0.39 is 0 Å². The normalized spacial score (nSPS) is 10.6. The smallest absolute Gasteiger partial charge is 0.270 e. The Bertz CT molecular complexity index is 748. The van der Waals surface area contributed by atoms with Crippen LogP contribution in [0.25, 0.3) is 0 Å². The summed E-state index contributed by atoms with van der Waals surface area (Å²) in [6.45, 7) is 8.00. The fourth-order valence-electron chi connectivity index (χ4n) is 2.50. The Morgan fingerprint density at radius 3 is 2.52 bits per heavy atom. The Hall–Kier alpha value is -1.85. The van der Waals surface area contributed by atoms with Gasteiger partial charge in [0.15, 0.2) is 0 Å². The number of hydrogen-bond donors (Lipinski definition) is 1. The van der Waals surface area contributed by atoms with Gasteiger partial charge < -0.3 is 10.2 Å². The number of benzene rings is 1. The van der Waals surface area contributed by atoms with Crippen LogP contribution in [0.2, 0.25) is 10.0 Å². The summed E-state index contributed by atoms with van der Waals surface area (Å²) in [6.07, 6.45) is 0.620. The molecule has 25 heavy (non-hydrogen) atoms. The van der Waals surface area contributed by atoms with Crippen LogP contribution in [0.5, 0.6) is 0 Å². The molecule has 0 saturated heterocycles. The third-order valence-electron chi connectivity index (χ3n) is 3.84. The third-order valence-corrected chi connectivity index (χ3v) is 4.43. The number of nitrogens with one attached hydrogen (secondary N) is 1. The number of amides is 1. The quantitative estimate of drug-likeness (QED) is 0.790. The van der Waals surface area contributed by atoms with Gasteiger partial charge in [-0.1, -0.05) is 29.3 Å². The van der Waals surface area contributed by atoms with Crippen molar-refractivity contribution < 1.29 is 4.79 Å². The second-order valence-corrected chi connectivity index (χ2v) is 6.42. The number of halogens is 2. The van der Waals surface area contributed by atoms with Crippen LogP contribution in [0.4, 0.5) is 5.82 Å². The minimum Gasteiger partial charge on any atom is -0.357 e. The molecule has 1 N–H and O–H groups in total. The standard InChI is InChI=1S/C18H22Cl2N4O/c1-4-24(5-2)17-11-16(22-12(3)23-17)18(25)21-9-8-13-6-7-14(19)10-15(13)20/h6-7,10-11H,4-5,8-9H2,1-3H3,(H,21,25). The van der Waals surface area contributed by atoms with Crippen molar-refractivity contribution in [2.45, 2.75) is 27.2 Å². The van der Waals surface area contributed by atoms with E-state index in [-0.39, 0.29) is 5.91 Å². The highest BCUT2D eigenvalue weighted by molar-refractivity contribution is 6.35. The van der Waals surface area contributed by atoms with Crippen molar-refractivity contribution >= 4 is 34.9 Å². The molecule has 0 saturated carbocycles. The lowest BCUT2D eigenvalue weighted by molar-refractivity contribution is 0.0948. The van der Waals surface area contributed by atoms with Gasteiger partial charge in [0.1, 0.15) is 17.3 Å². The number of carbonyl (C=O) groups excluding carboxylic acids is 1. The molecule has 1 aromatic carbocycles. The van der Waals surface area contributed by atoms with Gasteiger partial charge in [0, 0.05) is 35.7 Å². The summed E-state index contributed by atoms with van der Waals surface area (Å²) >= 11 is 12.0. The Morgan fingerprint density at radius 2 is 1.88 bits per heavy atom. The number of rotatable bonds is 7. The van der Waals surface area contributed by atoms with Crippen molar-refractivity contribution in [1.29, 1.82) is 0 Å². The van der Waals surface area contributed by atoms with Gasteiger partial charge in [-0.2, -0.15) is 0 Å². The van der Waals surface area contributed by atoms with Crippen molar-refractivity contribution in [3.8, 4) is 0 Å². The lowest BCUT2D eigenvalue weighted by atomic mass is 10.1. The van der Waals surface area contributed by atoms with Gasteiger partial charge in [0.05, 0.1) is 0 Å². The summed E-state index contributed by atoms with van der Waals surface area (Å²) in [7, 11) is 0. The zero-order chi connectivity index (χ0) is 18.4. The van der Waals surface area contributed by atoms with E-state index in [0.29, 0.717) is 34.5 Å². The van der Waals surface area contributed by atoms with E-state index in [4.69, 9.17) is 23.2 Å². The first-order chi connectivity index (χ1) is 11.9. The molecule has 7 heteroatoms. The van der Waals surface area contributed by atoms with E-state index in [1.54, 1.807) is 25.1 Å². The van der Waals surface area contributed by atoms with Gasteiger partial charge in [0.25, 0.3) is 5.91 Å². The Kier molecular flexibility index (Phi) is 7.02. The van der Waals surface area contributed by atoms with Crippen LogP contribution in [0.1, 0.15) is 35.7 Å². The van der Waals surface area contributed by atoms with Crippen molar-refractivity contribution in [1.82, 2.24) is 15.3 Å². The molecule has 0 aliphatic rings. The molecule has 0 spiro atoms. The first-order valence-corrected chi connectivity index (χ1v) is 9.03. The molecule has 0 atom stereocenters. The highest BCUT2D eigenvalue weighted by Crippen LogP contribution is 2.21. The maximum absolute atomic E-state index is 12.4. The number of aromatic nitrogens is 2. The number of nitrogens with zero attached hydrogens (tertiary/aromatic N) is 3. The Balaban J connectivity index is 2.03. The molecule has 1 amide bonds. The third kappa shape index (κ3) is 5.31. The average molecular weight is 381 g/mol. The molecule has 134 valence electrons. The summed E-state index contributed by atoms with van der Waals surface area (Å²) in [5, 5.41) is 4.08. The Morgan fingerprint density at radius 1 is 1.16 bits per heavy atom. The SMILES string of the molecule is CCN(CC)c1cc(C(=O)NCCc2ccc(Cl)cc2Cl)nc(C)n1. The molecule has 2 rings (SSSR count). The monoisotopic (exact) mass is 380 g/mol. The maximum atomic E-state index is 12.4. The van der Waals surface area contributed by atoms with Crippen molar-refractivity contribution in [2.24, 2.45) is 0 Å². The fraction of sp³-hybridized carbons (Fsp3) is 0.389. The van der Waals surface area contributed by atoms with E-state index in [2.05, 4.69) is 34.0 Å². The van der Waals surface area contributed by atoms with Crippen molar-refractivity contribution in [3.05, 3.63) is 51.4 Å². The first kappa shape index (κ1) is 19.5. The second-order valence-electron chi connectivity index (χ2n) is 5.57. The molecule has 0 aliphatic heterocycles. The maximum Gasteiger partial charge on any atom is 0.270 e. The molecular weight excluding hydrogens is 359 g/mol. The zero-order valence-corrected chi connectivity index (χ0v) is 16.2. The van der Waals surface area contributed by atoms with Gasteiger partial charge in [-0.15, -0.1) is 0 Å². The predicted molar refractivity (Wildman–Crippen MR) is 103 cm³/mol. The highest BCUT2D eigenvalue weighted by atomic mass is 35.5. The van der Waals surface area contributed by atoms with E-state index in [9.17, 15) is 4.79 Å². The molecule has 0 bridgehead atoms. The topological polar surface area (TPSA) is 58.1 Å². The highest BCUT2D eigenvalue weighted by Gasteiger charge is 2.13. The lowest BCUT2D eigenvalue weighted by Gasteiger charge is -2.20. The van der Waals surface area contributed by atoms with Gasteiger partial charge >= 0.3 is 0 Å². The van der Waals surface area contributed by atoms with E-state index >= 15 is 0 Å². The van der Waals surface area contributed by atoms with Crippen LogP contribution in [0, 0.1) is 6.92 Å². The van der Waals surface area contributed by atoms with Crippen LogP contribution in [0.15, 0.2) is 24.3 Å². The molecule has 0 unspecified atom stereocenters. The summed E-state index contributed by atoms with van der Waals surface area (Å²) in [6, 6.07) is 7.08.